The van der Waals surface area contributed by atoms with E-state index in [9.17, 15) is 29.1 Å². The third-order valence-corrected chi connectivity index (χ3v) is 9.40. The lowest BCUT2D eigenvalue weighted by Gasteiger charge is -2.28. The molecule has 48 heavy (non-hydrogen) atoms. The molecule has 0 aliphatic heterocycles. The fourth-order valence-electron chi connectivity index (χ4n) is 6.33. The van der Waals surface area contributed by atoms with Crippen LogP contribution in [0.5, 0.6) is 0 Å². The van der Waals surface area contributed by atoms with Crippen LogP contribution in [-0.2, 0) is 28.7 Å². The monoisotopic (exact) mass is 681 g/mol. The van der Waals surface area contributed by atoms with Gasteiger partial charge in [0.15, 0.2) is 0 Å². The van der Waals surface area contributed by atoms with Crippen LogP contribution in [0.1, 0.15) is 161 Å². The van der Waals surface area contributed by atoms with Gasteiger partial charge in [0.1, 0.15) is 6.04 Å². The number of hydrogen-bond donors (Lipinski definition) is 5. The maximum absolute atomic E-state index is 12.7. The molecule has 0 aromatic carbocycles. The molecule has 0 unspecified atom stereocenters. The van der Waals surface area contributed by atoms with Gasteiger partial charge in [0.25, 0.3) is 0 Å². The Kier molecular flexibility index (Phi) is 26.4. The average Bonchev–Trinajstić information content (AvgIpc) is 3.06. The molecule has 0 aromatic heterocycles. The van der Waals surface area contributed by atoms with E-state index >= 15 is 0 Å². The molecule has 0 radical (unpaired) electrons. The van der Waals surface area contributed by atoms with Crippen LogP contribution in [0.2, 0.25) is 0 Å². The van der Waals surface area contributed by atoms with Gasteiger partial charge in [-0.25, -0.2) is 4.79 Å². The van der Waals surface area contributed by atoms with Crippen LogP contribution >= 0.6 is 0 Å². The number of unbranched alkanes of at least 4 members (excludes halogenated alkanes) is 15. The van der Waals surface area contributed by atoms with Crippen molar-refractivity contribution in [3.63, 3.8) is 0 Å². The fourth-order valence-corrected chi connectivity index (χ4v) is 6.33. The molecule has 3 amide bonds. The lowest BCUT2D eigenvalue weighted by Crippen LogP contribution is -2.45. The quantitative estimate of drug-likeness (QED) is 0.0515. The molecule has 0 spiro atoms. The summed E-state index contributed by atoms with van der Waals surface area (Å²) in [6.07, 6.45) is 22.9. The van der Waals surface area contributed by atoms with Crippen LogP contribution in [0.25, 0.3) is 0 Å². The number of amides is 3. The molecular formula is C37H67N3O8. The minimum atomic E-state index is -1.14. The predicted molar refractivity (Wildman–Crippen MR) is 188 cm³/mol. The predicted octanol–water partition coefficient (Wildman–Crippen LogP) is 6.52. The summed E-state index contributed by atoms with van der Waals surface area (Å²) in [6.45, 7) is 3.82. The molecule has 5 N–H and O–H groups in total. The van der Waals surface area contributed by atoms with Gasteiger partial charge in [-0.1, -0.05) is 89.9 Å². The first-order valence-electron chi connectivity index (χ1n) is 19.1. The first-order valence-corrected chi connectivity index (χ1v) is 19.1. The molecule has 0 aromatic rings. The van der Waals surface area contributed by atoms with E-state index in [0.29, 0.717) is 57.9 Å². The summed E-state index contributed by atoms with van der Waals surface area (Å²) >= 11 is 0. The van der Waals surface area contributed by atoms with Crippen molar-refractivity contribution in [1.82, 2.24) is 16.0 Å². The second-order valence-electron chi connectivity index (χ2n) is 13.6. The molecule has 1 rings (SSSR count). The second-order valence-corrected chi connectivity index (χ2v) is 13.6. The number of hydrogen-bond acceptors (Lipinski definition) is 6. The molecule has 0 saturated heterocycles. The maximum Gasteiger partial charge on any atom is 0.326 e. The summed E-state index contributed by atoms with van der Waals surface area (Å²) in [5.41, 5.74) is 0. The Morgan fingerprint density at radius 2 is 1.12 bits per heavy atom. The zero-order valence-corrected chi connectivity index (χ0v) is 29.9. The number of nitrogens with one attached hydrogen (secondary N) is 3. The number of carbonyl (C=O) groups is 5. The first-order chi connectivity index (χ1) is 23.2. The summed E-state index contributed by atoms with van der Waals surface area (Å²) in [6, 6.07) is -1.10. The number of aliphatic carboxylic acids is 2. The van der Waals surface area contributed by atoms with E-state index in [1.165, 1.54) is 70.6 Å². The average molecular weight is 682 g/mol. The van der Waals surface area contributed by atoms with Crippen molar-refractivity contribution in [2.75, 3.05) is 26.3 Å². The van der Waals surface area contributed by atoms with E-state index in [4.69, 9.17) is 9.84 Å². The van der Waals surface area contributed by atoms with Crippen molar-refractivity contribution < 1.29 is 38.9 Å². The van der Waals surface area contributed by atoms with Crippen LogP contribution < -0.4 is 16.0 Å². The lowest BCUT2D eigenvalue weighted by molar-refractivity contribution is -0.143. The van der Waals surface area contributed by atoms with Gasteiger partial charge >= 0.3 is 11.9 Å². The Balaban J connectivity index is 1.99. The highest BCUT2D eigenvalue weighted by Gasteiger charge is 2.29. The molecule has 0 heterocycles. The second kappa shape index (κ2) is 29.2. The third kappa shape index (κ3) is 24.5. The Bertz CT molecular complexity index is 892. The Morgan fingerprint density at radius 1 is 0.646 bits per heavy atom. The number of ether oxygens (including phenoxy) is 1. The van der Waals surface area contributed by atoms with Crippen LogP contribution in [0, 0.1) is 11.8 Å². The summed E-state index contributed by atoms with van der Waals surface area (Å²) in [5, 5.41) is 26.5. The number of carbonyl (C=O) groups excluding carboxylic acids is 3. The number of carboxylic acid groups (broad SMARTS) is 2. The van der Waals surface area contributed by atoms with E-state index < -0.39 is 18.0 Å². The molecule has 278 valence electrons. The zero-order chi connectivity index (χ0) is 35.2. The van der Waals surface area contributed by atoms with Crippen molar-refractivity contribution in [3.8, 4) is 0 Å². The zero-order valence-electron chi connectivity index (χ0n) is 29.9. The maximum atomic E-state index is 12.7. The molecule has 11 heteroatoms. The van der Waals surface area contributed by atoms with E-state index in [0.717, 1.165) is 44.9 Å². The van der Waals surface area contributed by atoms with Gasteiger partial charge in [-0.15, -0.1) is 0 Å². The standard InChI is InChI=1S/C37H67N3O8/c1-2-48-28-27-38-34(42)26-25-32(37(46)47)40-36(45)31-23-21-30(22-24-31)29-39-33(41)19-17-15-13-11-9-7-5-3-4-6-8-10-12-14-16-18-20-35(43)44/h30-32H,2-29H2,1H3,(H,38,42)(H,39,41)(H,40,45)(H,43,44)(H,46,47)/t30-,31-,32-/m0/s1. The largest absolute Gasteiger partial charge is 0.481 e. The van der Waals surface area contributed by atoms with Crippen LogP contribution in [-0.4, -0.2) is 72.2 Å². The SMILES string of the molecule is CCOCCNC(=O)CC[C@H](NC(=O)[C@H]1CC[C@H](CNC(=O)CCCCCCCCCCCCCCCCCCC(=O)O)CC1)C(=O)O. The smallest absolute Gasteiger partial charge is 0.326 e. The van der Waals surface area contributed by atoms with Crippen molar-refractivity contribution in [1.29, 1.82) is 0 Å². The van der Waals surface area contributed by atoms with Gasteiger partial charge in [0.2, 0.25) is 17.7 Å². The Hall–Kier alpha value is -2.69. The third-order valence-electron chi connectivity index (χ3n) is 9.40. The topological polar surface area (TPSA) is 171 Å². The normalized spacial score (nSPS) is 16.6. The lowest BCUT2D eigenvalue weighted by atomic mass is 9.81. The van der Waals surface area contributed by atoms with E-state index in [2.05, 4.69) is 16.0 Å². The number of carboxylic acids is 2. The van der Waals surface area contributed by atoms with Crippen molar-refractivity contribution in [2.45, 2.75) is 167 Å². The Labute approximate surface area is 289 Å². The molecular weight excluding hydrogens is 614 g/mol. The van der Waals surface area contributed by atoms with Gasteiger partial charge in [0.05, 0.1) is 6.61 Å². The summed E-state index contributed by atoms with van der Waals surface area (Å²) in [5.74, 6) is -2.19. The van der Waals surface area contributed by atoms with Crippen LogP contribution in [0.15, 0.2) is 0 Å². The van der Waals surface area contributed by atoms with Crippen LogP contribution in [0.3, 0.4) is 0 Å². The fraction of sp³-hybridized carbons (Fsp3) is 0.865. The molecule has 1 aliphatic rings. The van der Waals surface area contributed by atoms with Gasteiger partial charge in [-0.2, -0.15) is 0 Å². The highest BCUT2D eigenvalue weighted by atomic mass is 16.5. The van der Waals surface area contributed by atoms with Crippen LogP contribution in [0.4, 0.5) is 0 Å². The van der Waals surface area contributed by atoms with E-state index in [-0.39, 0.29) is 36.5 Å². The summed E-state index contributed by atoms with van der Waals surface area (Å²) < 4.78 is 5.17. The Morgan fingerprint density at radius 3 is 1.60 bits per heavy atom. The first kappa shape index (κ1) is 43.3. The highest BCUT2D eigenvalue weighted by Crippen LogP contribution is 2.29. The molecule has 1 aliphatic carbocycles. The van der Waals surface area contributed by atoms with E-state index in [1.807, 2.05) is 6.92 Å². The summed E-state index contributed by atoms with van der Waals surface area (Å²) in [4.78, 5) is 59.2. The molecule has 1 fully saturated rings. The molecule has 1 atom stereocenters. The summed E-state index contributed by atoms with van der Waals surface area (Å²) in [7, 11) is 0. The van der Waals surface area contributed by atoms with E-state index in [1.54, 1.807) is 0 Å². The van der Waals surface area contributed by atoms with Gasteiger partial charge < -0.3 is 30.9 Å². The van der Waals surface area contributed by atoms with Gasteiger partial charge in [0, 0.05) is 44.9 Å². The minimum absolute atomic E-state index is 0.0137. The highest BCUT2D eigenvalue weighted by molar-refractivity contribution is 5.85. The van der Waals surface area contributed by atoms with Gasteiger partial charge in [-0.3, -0.25) is 19.2 Å². The van der Waals surface area contributed by atoms with Crippen molar-refractivity contribution >= 4 is 29.7 Å². The molecule has 11 nitrogen and oxygen atoms in total. The van der Waals surface area contributed by atoms with Gasteiger partial charge in [-0.05, 0) is 57.8 Å². The number of rotatable bonds is 31. The van der Waals surface area contributed by atoms with Crippen molar-refractivity contribution in [3.05, 3.63) is 0 Å². The molecule has 0 bridgehead atoms. The molecule has 1 saturated carbocycles. The minimum Gasteiger partial charge on any atom is -0.481 e. The van der Waals surface area contributed by atoms with Crippen molar-refractivity contribution in [2.24, 2.45) is 11.8 Å².